The number of hydrogen-bond donors (Lipinski definition) is 1. The fourth-order valence-electron chi connectivity index (χ4n) is 3.44. The standard InChI is InChI=1S/C23H24FN3O/c1-5-18-9-6-8-15(2)22(18)27-16(3)12-20(17(27)4)14-25-26-23(28)19-10-7-11-21(24)13-19/h6-14H,5H2,1-4H3,(H,26,28)/b25-14-. The lowest BCUT2D eigenvalue weighted by molar-refractivity contribution is 0.0954. The molecule has 0 saturated heterocycles. The van der Waals surface area contributed by atoms with E-state index in [-0.39, 0.29) is 5.56 Å². The summed E-state index contributed by atoms with van der Waals surface area (Å²) in [7, 11) is 0. The van der Waals surface area contributed by atoms with E-state index in [1.807, 2.05) is 13.0 Å². The van der Waals surface area contributed by atoms with E-state index in [4.69, 9.17) is 0 Å². The van der Waals surface area contributed by atoms with E-state index in [1.54, 1.807) is 12.3 Å². The fraction of sp³-hybridized carbons (Fsp3) is 0.217. The van der Waals surface area contributed by atoms with Crippen molar-refractivity contribution in [1.29, 1.82) is 0 Å². The van der Waals surface area contributed by atoms with Gasteiger partial charge in [0.25, 0.3) is 5.91 Å². The first-order valence-corrected chi connectivity index (χ1v) is 9.29. The molecule has 28 heavy (non-hydrogen) atoms. The van der Waals surface area contributed by atoms with Crippen LogP contribution in [0.5, 0.6) is 0 Å². The maximum absolute atomic E-state index is 13.2. The van der Waals surface area contributed by atoms with Crippen molar-refractivity contribution >= 4 is 12.1 Å². The van der Waals surface area contributed by atoms with Crippen LogP contribution in [0.4, 0.5) is 4.39 Å². The van der Waals surface area contributed by atoms with Crippen LogP contribution in [0.3, 0.4) is 0 Å². The van der Waals surface area contributed by atoms with Crippen molar-refractivity contribution in [3.63, 3.8) is 0 Å². The third kappa shape index (κ3) is 3.88. The van der Waals surface area contributed by atoms with Gasteiger partial charge in [0.2, 0.25) is 0 Å². The second kappa shape index (κ2) is 8.21. The van der Waals surface area contributed by atoms with Crippen LogP contribution in [0.2, 0.25) is 0 Å². The molecule has 0 aliphatic rings. The second-order valence-electron chi connectivity index (χ2n) is 6.81. The lowest BCUT2D eigenvalue weighted by Gasteiger charge is -2.17. The topological polar surface area (TPSA) is 46.4 Å². The molecule has 1 N–H and O–H groups in total. The van der Waals surface area contributed by atoms with E-state index in [1.165, 1.54) is 35.0 Å². The molecule has 3 aromatic rings. The molecule has 0 unspecified atom stereocenters. The Morgan fingerprint density at radius 1 is 1.14 bits per heavy atom. The van der Waals surface area contributed by atoms with Crippen molar-refractivity contribution < 1.29 is 9.18 Å². The number of benzene rings is 2. The summed E-state index contributed by atoms with van der Waals surface area (Å²) in [6, 6.07) is 13.9. The van der Waals surface area contributed by atoms with E-state index in [2.05, 4.69) is 54.1 Å². The summed E-state index contributed by atoms with van der Waals surface area (Å²) in [5.74, 6) is -0.901. The molecular formula is C23H24FN3O. The van der Waals surface area contributed by atoms with Crippen molar-refractivity contribution in [2.75, 3.05) is 0 Å². The zero-order valence-electron chi connectivity index (χ0n) is 16.6. The average molecular weight is 377 g/mol. The SMILES string of the molecule is CCc1cccc(C)c1-n1c(C)cc(/C=N\NC(=O)c2cccc(F)c2)c1C. The van der Waals surface area contributed by atoms with E-state index in [0.29, 0.717) is 0 Å². The summed E-state index contributed by atoms with van der Waals surface area (Å²) < 4.78 is 15.5. The van der Waals surface area contributed by atoms with Crippen LogP contribution in [-0.4, -0.2) is 16.7 Å². The summed E-state index contributed by atoms with van der Waals surface area (Å²) >= 11 is 0. The summed E-state index contributed by atoms with van der Waals surface area (Å²) in [6.45, 7) is 8.35. The smallest absolute Gasteiger partial charge is 0.271 e. The highest BCUT2D eigenvalue weighted by Gasteiger charge is 2.14. The van der Waals surface area contributed by atoms with Crippen molar-refractivity contribution in [3.8, 4) is 5.69 Å². The number of para-hydroxylation sites is 1. The van der Waals surface area contributed by atoms with Gasteiger partial charge in [-0.2, -0.15) is 5.10 Å². The highest BCUT2D eigenvalue weighted by Crippen LogP contribution is 2.26. The van der Waals surface area contributed by atoms with Crippen molar-refractivity contribution in [2.45, 2.75) is 34.1 Å². The molecule has 0 aliphatic carbocycles. The van der Waals surface area contributed by atoms with Crippen molar-refractivity contribution in [2.24, 2.45) is 5.10 Å². The minimum atomic E-state index is -0.454. The number of carbonyl (C=O) groups is 1. The fourth-order valence-corrected chi connectivity index (χ4v) is 3.44. The number of carbonyl (C=O) groups excluding carboxylic acids is 1. The Hall–Kier alpha value is -3.21. The molecule has 3 rings (SSSR count). The highest BCUT2D eigenvalue weighted by molar-refractivity contribution is 5.95. The van der Waals surface area contributed by atoms with Gasteiger partial charge in [0.15, 0.2) is 0 Å². The predicted molar refractivity (Wildman–Crippen MR) is 111 cm³/mol. The molecule has 0 fully saturated rings. The molecule has 0 spiro atoms. The maximum Gasteiger partial charge on any atom is 0.271 e. The predicted octanol–water partition coefficient (Wildman–Crippen LogP) is 4.87. The van der Waals surface area contributed by atoms with E-state index >= 15 is 0 Å². The third-order valence-electron chi connectivity index (χ3n) is 4.85. The van der Waals surface area contributed by atoms with Crippen molar-refractivity contribution in [1.82, 2.24) is 9.99 Å². The Bertz CT molecular complexity index is 1050. The zero-order chi connectivity index (χ0) is 20.3. The summed E-state index contributed by atoms with van der Waals surface area (Å²) in [6.07, 6.45) is 2.57. The van der Waals surface area contributed by atoms with Crippen LogP contribution in [0, 0.1) is 26.6 Å². The van der Waals surface area contributed by atoms with Crippen LogP contribution in [0.25, 0.3) is 5.69 Å². The van der Waals surface area contributed by atoms with Gasteiger partial charge in [-0.1, -0.05) is 31.2 Å². The van der Waals surface area contributed by atoms with E-state index < -0.39 is 11.7 Å². The number of hydrogen-bond acceptors (Lipinski definition) is 2. The van der Waals surface area contributed by atoms with Gasteiger partial charge < -0.3 is 4.57 Å². The summed E-state index contributed by atoms with van der Waals surface area (Å²) in [5.41, 5.74) is 9.44. The Labute approximate surface area is 164 Å². The maximum atomic E-state index is 13.2. The molecule has 5 heteroatoms. The minimum absolute atomic E-state index is 0.232. The molecule has 1 heterocycles. The molecule has 1 aromatic heterocycles. The second-order valence-corrected chi connectivity index (χ2v) is 6.81. The Morgan fingerprint density at radius 3 is 2.61 bits per heavy atom. The molecular weight excluding hydrogens is 353 g/mol. The number of aryl methyl sites for hydroxylation is 3. The summed E-state index contributed by atoms with van der Waals surface area (Å²) in [5, 5.41) is 4.06. The van der Waals surface area contributed by atoms with Gasteiger partial charge in [-0.15, -0.1) is 0 Å². The van der Waals surface area contributed by atoms with E-state index in [9.17, 15) is 9.18 Å². The molecule has 0 atom stereocenters. The quantitative estimate of drug-likeness (QED) is 0.500. The average Bonchev–Trinajstić information content (AvgIpc) is 2.95. The molecule has 0 radical (unpaired) electrons. The van der Waals surface area contributed by atoms with Crippen LogP contribution < -0.4 is 5.43 Å². The lowest BCUT2D eigenvalue weighted by Crippen LogP contribution is -2.17. The van der Waals surface area contributed by atoms with Crippen molar-refractivity contribution in [3.05, 3.63) is 88.0 Å². The largest absolute Gasteiger partial charge is 0.317 e. The normalized spacial score (nSPS) is 11.2. The Balaban J connectivity index is 1.87. The number of nitrogens with zero attached hydrogens (tertiary/aromatic N) is 2. The van der Waals surface area contributed by atoms with Gasteiger partial charge >= 0.3 is 0 Å². The monoisotopic (exact) mass is 377 g/mol. The van der Waals surface area contributed by atoms with Crippen LogP contribution in [-0.2, 0) is 6.42 Å². The Morgan fingerprint density at radius 2 is 1.89 bits per heavy atom. The van der Waals surface area contributed by atoms with Crippen LogP contribution in [0.15, 0.2) is 53.6 Å². The number of amides is 1. The van der Waals surface area contributed by atoms with Crippen LogP contribution >= 0.6 is 0 Å². The zero-order valence-corrected chi connectivity index (χ0v) is 16.6. The van der Waals surface area contributed by atoms with E-state index in [0.717, 1.165) is 23.4 Å². The van der Waals surface area contributed by atoms with Gasteiger partial charge in [0, 0.05) is 22.5 Å². The Kier molecular flexibility index (Phi) is 5.73. The first kappa shape index (κ1) is 19.5. The molecule has 0 bridgehead atoms. The summed E-state index contributed by atoms with van der Waals surface area (Å²) in [4.78, 5) is 12.1. The number of nitrogens with one attached hydrogen (secondary N) is 1. The number of aromatic nitrogens is 1. The molecule has 4 nitrogen and oxygen atoms in total. The molecule has 0 saturated carbocycles. The molecule has 2 aromatic carbocycles. The number of hydrazone groups is 1. The number of rotatable bonds is 5. The first-order chi connectivity index (χ1) is 13.4. The van der Waals surface area contributed by atoms with Crippen LogP contribution in [0.1, 0.15) is 45.4 Å². The van der Waals surface area contributed by atoms with Gasteiger partial charge in [-0.25, -0.2) is 9.82 Å². The van der Waals surface area contributed by atoms with Gasteiger partial charge in [-0.05, 0) is 62.6 Å². The van der Waals surface area contributed by atoms with Gasteiger partial charge in [-0.3, -0.25) is 4.79 Å². The number of halogens is 1. The van der Waals surface area contributed by atoms with Gasteiger partial charge in [0.1, 0.15) is 5.82 Å². The minimum Gasteiger partial charge on any atom is -0.317 e. The van der Waals surface area contributed by atoms with Gasteiger partial charge in [0.05, 0.1) is 11.9 Å². The molecule has 1 amide bonds. The molecule has 144 valence electrons. The highest BCUT2D eigenvalue weighted by atomic mass is 19.1. The first-order valence-electron chi connectivity index (χ1n) is 9.29. The lowest BCUT2D eigenvalue weighted by atomic mass is 10.1. The third-order valence-corrected chi connectivity index (χ3v) is 4.85. The molecule has 0 aliphatic heterocycles.